The molecule has 1 heterocycles. The molecule has 164 valence electrons. The maximum Gasteiger partial charge on any atom is 0.279 e. The van der Waals surface area contributed by atoms with Gasteiger partial charge in [0.05, 0.1) is 36.9 Å². The van der Waals surface area contributed by atoms with Crippen LogP contribution in [0.1, 0.15) is 30.1 Å². The summed E-state index contributed by atoms with van der Waals surface area (Å²) in [7, 11) is 0. The van der Waals surface area contributed by atoms with Crippen LogP contribution in [0.3, 0.4) is 0 Å². The van der Waals surface area contributed by atoms with Gasteiger partial charge in [0.25, 0.3) is 11.8 Å². The molecule has 1 aliphatic rings. The van der Waals surface area contributed by atoms with E-state index in [1.165, 1.54) is 0 Å². The Morgan fingerprint density at radius 2 is 1.84 bits per heavy atom. The third-order valence-electron chi connectivity index (χ3n) is 5.30. The number of ether oxygens (including phenoxy) is 1. The van der Waals surface area contributed by atoms with Crippen LogP contribution in [0.5, 0.6) is 5.75 Å². The largest absolute Gasteiger partial charge is 0.494 e. The third kappa shape index (κ3) is 6.29. The minimum atomic E-state index is -0.320. The first-order chi connectivity index (χ1) is 15.0. The lowest BCUT2D eigenvalue weighted by Gasteiger charge is -2.27. The number of anilines is 2. The van der Waals surface area contributed by atoms with Crippen LogP contribution in [0, 0.1) is 5.92 Å². The number of nitrogens with one attached hydrogen (secondary N) is 3. The molecule has 3 rings (SSSR count). The van der Waals surface area contributed by atoms with Gasteiger partial charge in [-0.15, -0.1) is 0 Å². The Hall–Kier alpha value is -3.39. The minimum absolute atomic E-state index is 0.191. The Balaban J connectivity index is 1.62. The molecule has 1 saturated heterocycles. The zero-order valence-electron chi connectivity index (χ0n) is 17.6. The highest BCUT2D eigenvalue weighted by Gasteiger charge is 2.28. The number of benzene rings is 2. The fraction of sp³-hybridized carbons (Fsp3) is 0.348. The lowest BCUT2D eigenvalue weighted by Crippen LogP contribution is -3.14. The van der Waals surface area contributed by atoms with E-state index < -0.39 is 0 Å². The number of nitrogens with two attached hydrogens (primary N) is 1. The number of para-hydroxylation sites is 1. The van der Waals surface area contributed by atoms with Crippen molar-refractivity contribution in [3.05, 3.63) is 54.1 Å². The van der Waals surface area contributed by atoms with Gasteiger partial charge in [0.2, 0.25) is 5.91 Å². The maximum absolute atomic E-state index is 12.8. The van der Waals surface area contributed by atoms with Gasteiger partial charge in [-0.05, 0) is 56.2 Å². The van der Waals surface area contributed by atoms with Crippen molar-refractivity contribution in [3.8, 4) is 5.75 Å². The summed E-state index contributed by atoms with van der Waals surface area (Å²) in [5.41, 5.74) is 6.86. The molecule has 0 spiro atoms. The van der Waals surface area contributed by atoms with Crippen molar-refractivity contribution in [2.24, 2.45) is 11.7 Å². The first-order valence-electron chi connectivity index (χ1n) is 10.5. The molecule has 2 aromatic rings. The summed E-state index contributed by atoms with van der Waals surface area (Å²) < 4.78 is 5.41. The minimum Gasteiger partial charge on any atom is -0.494 e. The Bertz CT molecular complexity index is 929. The average Bonchev–Trinajstić information content (AvgIpc) is 2.75. The molecule has 1 unspecified atom stereocenters. The van der Waals surface area contributed by atoms with Gasteiger partial charge in [0.15, 0.2) is 6.54 Å². The summed E-state index contributed by atoms with van der Waals surface area (Å²) in [6, 6.07) is 14.0. The molecule has 0 saturated carbocycles. The van der Waals surface area contributed by atoms with Gasteiger partial charge in [0.1, 0.15) is 5.75 Å². The van der Waals surface area contributed by atoms with Gasteiger partial charge < -0.3 is 26.0 Å². The lowest BCUT2D eigenvalue weighted by molar-refractivity contribution is -0.899. The third-order valence-corrected chi connectivity index (χ3v) is 5.30. The van der Waals surface area contributed by atoms with Crippen molar-refractivity contribution >= 4 is 29.1 Å². The molecule has 0 aliphatic carbocycles. The van der Waals surface area contributed by atoms with Crippen LogP contribution in [0.2, 0.25) is 0 Å². The average molecular weight is 426 g/mol. The number of hydrogen-bond donors (Lipinski definition) is 4. The van der Waals surface area contributed by atoms with E-state index in [4.69, 9.17) is 10.5 Å². The van der Waals surface area contributed by atoms with Crippen molar-refractivity contribution in [1.82, 2.24) is 0 Å². The summed E-state index contributed by atoms with van der Waals surface area (Å²) in [4.78, 5) is 37.9. The Morgan fingerprint density at radius 3 is 2.55 bits per heavy atom. The van der Waals surface area contributed by atoms with Crippen LogP contribution in [-0.4, -0.2) is 44.0 Å². The number of likely N-dealkylation sites (tertiary alicyclic amines) is 1. The number of quaternary nitrogens is 1. The predicted octanol–water partition coefficient (Wildman–Crippen LogP) is 1.06. The molecule has 8 heteroatoms. The van der Waals surface area contributed by atoms with Gasteiger partial charge in [0, 0.05) is 5.69 Å². The van der Waals surface area contributed by atoms with Crippen LogP contribution < -0.4 is 26.0 Å². The number of rotatable bonds is 8. The molecule has 2 atom stereocenters. The summed E-state index contributed by atoms with van der Waals surface area (Å²) in [5, 5.41) is 5.68. The second-order valence-corrected chi connectivity index (χ2v) is 7.63. The molecule has 8 nitrogen and oxygen atoms in total. The van der Waals surface area contributed by atoms with Gasteiger partial charge in [-0.25, -0.2) is 0 Å². The lowest BCUT2D eigenvalue weighted by atomic mass is 9.97. The van der Waals surface area contributed by atoms with Crippen molar-refractivity contribution < 1.29 is 24.0 Å². The van der Waals surface area contributed by atoms with Gasteiger partial charge in [-0.3, -0.25) is 14.4 Å². The second-order valence-electron chi connectivity index (χ2n) is 7.63. The highest BCUT2D eigenvalue weighted by Crippen LogP contribution is 2.19. The van der Waals surface area contributed by atoms with Crippen LogP contribution >= 0.6 is 0 Å². The molecule has 3 amide bonds. The topological polar surface area (TPSA) is 115 Å². The van der Waals surface area contributed by atoms with Crippen molar-refractivity contribution in [1.29, 1.82) is 0 Å². The van der Waals surface area contributed by atoms with Crippen LogP contribution in [-0.2, 0) is 9.59 Å². The van der Waals surface area contributed by atoms with Crippen molar-refractivity contribution in [3.63, 3.8) is 0 Å². The molecule has 31 heavy (non-hydrogen) atoms. The van der Waals surface area contributed by atoms with Crippen molar-refractivity contribution in [2.45, 2.75) is 19.8 Å². The maximum atomic E-state index is 12.8. The molecule has 5 N–H and O–H groups in total. The van der Waals surface area contributed by atoms with Gasteiger partial charge in [-0.1, -0.05) is 12.1 Å². The highest BCUT2D eigenvalue weighted by molar-refractivity contribution is 6.10. The first kappa shape index (κ1) is 22.3. The SMILES string of the molecule is CCOc1ccc(NC(=O)c2ccccc2NC(=O)C[NH+]2CCC[C@@H](C(N)=O)C2)cc1. The molecule has 2 aromatic carbocycles. The highest BCUT2D eigenvalue weighted by atomic mass is 16.5. The van der Waals surface area contributed by atoms with E-state index in [-0.39, 0.29) is 30.2 Å². The summed E-state index contributed by atoms with van der Waals surface area (Å²) in [5.74, 6) is -0.301. The van der Waals surface area contributed by atoms with Gasteiger partial charge in [-0.2, -0.15) is 0 Å². The fourth-order valence-corrected chi connectivity index (χ4v) is 3.77. The number of primary amides is 1. The van der Waals surface area contributed by atoms with E-state index in [0.29, 0.717) is 30.1 Å². The molecule has 0 radical (unpaired) electrons. The fourth-order valence-electron chi connectivity index (χ4n) is 3.77. The van der Waals surface area contributed by atoms with E-state index in [2.05, 4.69) is 10.6 Å². The molecular formula is C23H29N4O4+. The van der Waals surface area contributed by atoms with Crippen molar-refractivity contribution in [2.75, 3.05) is 36.9 Å². The number of piperidine rings is 1. The Morgan fingerprint density at radius 1 is 1.10 bits per heavy atom. The predicted molar refractivity (Wildman–Crippen MR) is 118 cm³/mol. The number of hydrogen-bond acceptors (Lipinski definition) is 4. The monoisotopic (exact) mass is 425 g/mol. The number of amides is 3. The summed E-state index contributed by atoms with van der Waals surface area (Å²) >= 11 is 0. The van der Waals surface area contributed by atoms with Crippen LogP contribution in [0.25, 0.3) is 0 Å². The summed E-state index contributed by atoms with van der Waals surface area (Å²) in [6.45, 7) is 4.07. The first-order valence-corrected chi connectivity index (χ1v) is 10.5. The number of carbonyl (C=O) groups excluding carboxylic acids is 3. The Labute approximate surface area is 181 Å². The van der Waals surface area contributed by atoms with E-state index in [1.807, 2.05) is 6.92 Å². The number of carbonyl (C=O) groups is 3. The smallest absolute Gasteiger partial charge is 0.279 e. The molecule has 1 aliphatic heterocycles. The Kier molecular flexibility index (Phi) is 7.61. The van der Waals surface area contributed by atoms with E-state index in [1.54, 1.807) is 48.5 Å². The molecular weight excluding hydrogens is 396 g/mol. The molecule has 0 aromatic heterocycles. The zero-order valence-corrected chi connectivity index (χ0v) is 17.6. The van der Waals surface area contributed by atoms with Crippen LogP contribution in [0.15, 0.2) is 48.5 Å². The quantitative estimate of drug-likeness (QED) is 0.506. The van der Waals surface area contributed by atoms with Crippen LogP contribution in [0.4, 0.5) is 11.4 Å². The standard InChI is InChI=1S/C23H28N4O4/c1-2-31-18-11-9-17(10-12-18)25-23(30)19-7-3-4-8-20(19)26-21(28)15-27-13-5-6-16(14-27)22(24)29/h3-4,7-12,16H,2,5-6,13-15H2,1H3,(H2,24,29)(H,25,30)(H,26,28)/p+1/t16-/m1/s1. The molecule has 1 fully saturated rings. The second kappa shape index (κ2) is 10.6. The van der Waals surface area contributed by atoms with E-state index >= 15 is 0 Å². The zero-order chi connectivity index (χ0) is 22.2. The van der Waals surface area contributed by atoms with Gasteiger partial charge >= 0.3 is 0 Å². The van der Waals surface area contributed by atoms with E-state index in [9.17, 15) is 14.4 Å². The normalized spacial score (nSPS) is 18.1. The molecule has 0 bridgehead atoms. The van der Waals surface area contributed by atoms with E-state index in [0.717, 1.165) is 30.0 Å². The summed E-state index contributed by atoms with van der Waals surface area (Å²) in [6.07, 6.45) is 1.63.